The van der Waals surface area contributed by atoms with Crippen LogP contribution in [0.1, 0.15) is 73.7 Å². The first kappa shape index (κ1) is 29.7. The molecule has 1 aromatic heterocycles. The van der Waals surface area contributed by atoms with E-state index >= 15 is 0 Å². The van der Waals surface area contributed by atoms with E-state index in [1.54, 1.807) is 11.8 Å². The van der Waals surface area contributed by atoms with Crippen molar-refractivity contribution in [2.24, 2.45) is 0 Å². The Morgan fingerprint density at radius 3 is 2.45 bits per heavy atom. The van der Waals surface area contributed by atoms with Gasteiger partial charge in [-0.25, -0.2) is 4.98 Å². The molecule has 2 amide bonds. The highest BCUT2D eigenvalue weighted by Gasteiger charge is 2.32. The second kappa shape index (κ2) is 15.5. The van der Waals surface area contributed by atoms with Crippen LogP contribution < -0.4 is 10.6 Å². The van der Waals surface area contributed by atoms with E-state index in [1.165, 1.54) is 13.3 Å². The third-order valence-electron chi connectivity index (χ3n) is 6.61. The van der Waals surface area contributed by atoms with Gasteiger partial charge in [0.2, 0.25) is 11.8 Å². The van der Waals surface area contributed by atoms with Crippen molar-refractivity contribution >= 4 is 23.6 Å². The zero-order valence-corrected chi connectivity index (χ0v) is 23.5. The molecule has 0 unspecified atom stereocenters. The quantitative estimate of drug-likeness (QED) is 0.170. The molecule has 1 fully saturated rings. The van der Waals surface area contributed by atoms with Gasteiger partial charge < -0.3 is 25.2 Å². The molecule has 0 bridgehead atoms. The van der Waals surface area contributed by atoms with E-state index in [4.69, 9.17) is 9.47 Å². The molecule has 2 heterocycles. The second-order valence-electron chi connectivity index (χ2n) is 9.76. The molecule has 4 rings (SSSR count). The summed E-state index contributed by atoms with van der Waals surface area (Å²) in [7, 11) is 0. The molecule has 10 nitrogen and oxygen atoms in total. The highest BCUT2D eigenvalue weighted by atomic mass is 32.2. The van der Waals surface area contributed by atoms with E-state index < -0.39 is 6.29 Å². The van der Waals surface area contributed by atoms with Crippen molar-refractivity contribution in [2.45, 2.75) is 75.8 Å². The summed E-state index contributed by atoms with van der Waals surface area (Å²) in [6, 6.07) is 15.7. The van der Waals surface area contributed by atoms with Crippen molar-refractivity contribution in [3.8, 4) is 0 Å². The number of carbonyl (C=O) groups excluding carboxylic acids is 2. The Bertz CT molecular complexity index is 1190. The number of rotatable bonds is 14. The molecule has 1 aliphatic rings. The highest BCUT2D eigenvalue weighted by molar-refractivity contribution is 7.99. The molecule has 3 atom stereocenters. The Hall–Kier alpha value is -3.25. The largest absolute Gasteiger partial charge is 0.392 e. The summed E-state index contributed by atoms with van der Waals surface area (Å²) in [6.07, 6.45) is 4.42. The van der Waals surface area contributed by atoms with Gasteiger partial charge in [-0.2, -0.15) is 5.10 Å². The average molecular weight is 568 g/mol. The predicted octanol–water partition coefficient (Wildman–Crippen LogP) is 3.95. The molecule has 4 N–H and O–H groups in total. The Morgan fingerprint density at radius 2 is 1.75 bits per heavy atom. The topological polar surface area (TPSA) is 138 Å². The molecule has 1 aliphatic heterocycles. The number of nitrogens with zero attached hydrogens (tertiary/aromatic N) is 2. The van der Waals surface area contributed by atoms with E-state index in [2.05, 4.69) is 25.8 Å². The second-order valence-corrected chi connectivity index (χ2v) is 10.8. The fourth-order valence-corrected chi connectivity index (χ4v) is 5.19. The monoisotopic (exact) mass is 567 g/mol. The van der Waals surface area contributed by atoms with Crippen LogP contribution in [0.3, 0.4) is 0 Å². The van der Waals surface area contributed by atoms with Gasteiger partial charge in [0.15, 0.2) is 11.4 Å². The number of hydrogen-bond acceptors (Lipinski definition) is 8. The van der Waals surface area contributed by atoms with Crippen molar-refractivity contribution < 1.29 is 24.2 Å². The molecule has 0 spiro atoms. The molecule has 1 saturated heterocycles. The molecule has 3 aromatic rings. The van der Waals surface area contributed by atoms with Gasteiger partial charge in [-0.05, 0) is 29.5 Å². The summed E-state index contributed by atoms with van der Waals surface area (Å²) < 4.78 is 12.8. The summed E-state index contributed by atoms with van der Waals surface area (Å²) in [5.74, 6) is 0.683. The smallest absolute Gasteiger partial charge is 0.220 e. The van der Waals surface area contributed by atoms with Gasteiger partial charge in [-0.3, -0.25) is 14.7 Å². The van der Waals surface area contributed by atoms with Crippen LogP contribution in [-0.2, 0) is 32.2 Å². The summed E-state index contributed by atoms with van der Waals surface area (Å²) in [5, 5.41) is 22.7. The van der Waals surface area contributed by atoms with Crippen molar-refractivity contribution in [1.29, 1.82) is 0 Å². The number of nitrogens with one attached hydrogen (secondary N) is 3. The summed E-state index contributed by atoms with van der Waals surface area (Å²) >= 11 is 1.56. The summed E-state index contributed by atoms with van der Waals surface area (Å²) in [4.78, 5) is 27.3. The van der Waals surface area contributed by atoms with Crippen LogP contribution in [0.25, 0.3) is 0 Å². The molecule has 2 aromatic carbocycles. The summed E-state index contributed by atoms with van der Waals surface area (Å²) in [5.41, 5.74) is 3.79. The number of aromatic amines is 1. The number of aliphatic hydroxyl groups is 1. The molecule has 0 saturated carbocycles. The number of H-pyrrole nitrogens is 1. The maximum Gasteiger partial charge on any atom is 0.220 e. The van der Waals surface area contributed by atoms with E-state index in [9.17, 15) is 14.7 Å². The molecular formula is C29H37N5O5S. The van der Waals surface area contributed by atoms with Crippen LogP contribution in [-0.4, -0.2) is 50.5 Å². The predicted molar refractivity (Wildman–Crippen MR) is 151 cm³/mol. The lowest BCUT2D eigenvalue weighted by Crippen LogP contribution is -2.31. The van der Waals surface area contributed by atoms with Gasteiger partial charge in [0, 0.05) is 44.2 Å². The van der Waals surface area contributed by atoms with Crippen LogP contribution in [0.4, 0.5) is 0 Å². The van der Waals surface area contributed by atoms with Crippen LogP contribution in [0.5, 0.6) is 0 Å². The van der Waals surface area contributed by atoms with Crippen molar-refractivity contribution in [2.75, 3.05) is 12.3 Å². The van der Waals surface area contributed by atoms with E-state index in [-0.39, 0.29) is 30.6 Å². The van der Waals surface area contributed by atoms with E-state index in [1.807, 2.05) is 48.5 Å². The van der Waals surface area contributed by atoms with Crippen molar-refractivity contribution in [3.63, 3.8) is 0 Å². The average Bonchev–Trinajstić information content (AvgIpc) is 3.51. The van der Waals surface area contributed by atoms with Gasteiger partial charge >= 0.3 is 0 Å². The molecular weight excluding hydrogens is 530 g/mol. The van der Waals surface area contributed by atoms with Crippen LogP contribution >= 0.6 is 11.8 Å². The Morgan fingerprint density at radius 1 is 1.00 bits per heavy atom. The van der Waals surface area contributed by atoms with E-state index in [0.29, 0.717) is 31.7 Å². The third kappa shape index (κ3) is 9.44. The number of unbranched alkanes of at least 4 members (excludes halogenated alkanes) is 2. The molecule has 40 heavy (non-hydrogen) atoms. The van der Waals surface area contributed by atoms with Gasteiger partial charge in [0.05, 0.1) is 18.8 Å². The number of hydrogen-bond donors (Lipinski definition) is 4. The lowest BCUT2D eigenvalue weighted by Gasteiger charge is -2.36. The highest BCUT2D eigenvalue weighted by Crippen LogP contribution is 2.39. The molecule has 11 heteroatoms. The molecule has 0 aliphatic carbocycles. The minimum atomic E-state index is -0.544. The van der Waals surface area contributed by atoms with Crippen LogP contribution in [0.2, 0.25) is 0 Å². The number of thioether (sulfide) groups is 1. The third-order valence-corrected chi connectivity index (χ3v) is 7.62. The molecule has 0 radical (unpaired) electrons. The SMILES string of the molecule is CC(=O)NCCCCCC(=O)NCc1ccc([C@H]2O[C@@H](CSc3ncn[nH]3)C[C@@H](c3ccc(CO)cc3)O2)cc1. The standard InChI is InChI=1S/C29H37N5O5S/c1-20(36)30-14-4-2-3-5-27(37)31-16-21-6-12-24(13-7-21)28-38-25(18-40-29-32-19-33-34-29)15-26(39-28)23-10-8-22(17-35)9-11-23/h6-13,19,25-26,28,35H,2-5,14-18H2,1H3,(H,30,36)(H,31,37)(H,32,33,34)/t25-,26+,28+/m1/s1. The van der Waals surface area contributed by atoms with E-state index in [0.717, 1.165) is 46.7 Å². The maximum absolute atomic E-state index is 12.2. The van der Waals surface area contributed by atoms with Crippen molar-refractivity contribution in [1.82, 2.24) is 25.8 Å². The minimum Gasteiger partial charge on any atom is -0.392 e. The minimum absolute atomic E-state index is 0.000719. The maximum atomic E-state index is 12.2. The lowest BCUT2D eigenvalue weighted by atomic mass is 10.0. The number of carbonyl (C=O) groups is 2. The first-order valence-electron chi connectivity index (χ1n) is 13.6. The van der Waals surface area contributed by atoms with Gasteiger partial charge in [-0.1, -0.05) is 66.7 Å². The fourth-order valence-electron chi connectivity index (χ4n) is 4.39. The number of ether oxygens (including phenoxy) is 2. The number of aromatic nitrogens is 3. The Labute approximate surface area is 238 Å². The van der Waals surface area contributed by atoms with Crippen LogP contribution in [0, 0.1) is 0 Å². The number of amides is 2. The normalized spacial score (nSPS) is 18.8. The number of benzene rings is 2. The van der Waals surface area contributed by atoms with Gasteiger partial charge in [-0.15, -0.1) is 0 Å². The first-order valence-corrected chi connectivity index (χ1v) is 14.6. The first-order chi connectivity index (χ1) is 19.5. The van der Waals surface area contributed by atoms with Crippen LogP contribution in [0.15, 0.2) is 60.0 Å². The summed E-state index contributed by atoms with van der Waals surface area (Å²) in [6.45, 7) is 2.60. The van der Waals surface area contributed by atoms with Gasteiger partial charge in [0.25, 0.3) is 0 Å². The number of aliphatic hydroxyl groups excluding tert-OH is 1. The Kier molecular flexibility index (Phi) is 11.5. The van der Waals surface area contributed by atoms with Gasteiger partial charge in [0.1, 0.15) is 6.33 Å². The zero-order valence-electron chi connectivity index (χ0n) is 22.7. The zero-order chi connectivity index (χ0) is 28.2. The Balaban J connectivity index is 1.31. The molecule has 214 valence electrons. The lowest BCUT2D eigenvalue weighted by molar-refractivity contribution is -0.245. The fraction of sp³-hybridized carbons (Fsp3) is 0.448. The van der Waals surface area contributed by atoms with Crippen molar-refractivity contribution in [3.05, 3.63) is 77.1 Å².